The van der Waals surface area contributed by atoms with Crippen molar-refractivity contribution in [3.8, 4) is 17.7 Å². The van der Waals surface area contributed by atoms with Gasteiger partial charge in [0, 0.05) is 6.54 Å². The summed E-state index contributed by atoms with van der Waals surface area (Å²) in [4.78, 5) is 31.2. The Hall–Kier alpha value is -4.17. The molecular formula is C20H16N6O4S. The molecule has 31 heavy (non-hydrogen) atoms. The van der Waals surface area contributed by atoms with Crippen molar-refractivity contribution in [1.82, 2.24) is 9.97 Å². The lowest BCUT2D eigenvalue weighted by Gasteiger charge is -2.13. The Labute approximate surface area is 181 Å². The Morgan fingerprint density at radius 3 is 2.65 bits per heavy atom. The fourth-order valence-corrected chi connectivity index (χ4v) is 2.99. The molecule has 0 saturated heterocycles. The minimum atomic E-state index is -0.816. The maximum absolute atomic E-state index is 11.8. The van der Waals surface area contributed by atoms with Gasteiger partial charge in [0.15, 0.2) is 5.16 Å². The molecule has 0 saturated carbocycles. The van der Waals surface area contributed by atoms with E-state index in [2.05, 4.69) is 15.3 Å². The number of amides is 1. The highest BCUT2D eigenvalue weighted by molar-refractivity contribution is 7.98. The standard InChI is InChI=1S/C20H16N6O4S/c1-31-20-24-18(23-11-12-5-3-2-4-6-12)16(26(28)29)19(25-20)30-15-9-13(10-21)7-8-14(15)17(22)27/h2-9H,11H2,1H3,(H2,22,27)(H,23,24,25). The second kappa shape index (κ2) is 9.55. The van der Waals surface area contributed by atoms with Crippen LogP contribution in [0.15, 0.2) is 53.7 Å². The molecule has 3 rings (SSSR count). The summed E-state index contributed by atoms with van der Waals surface area (Å²) >= 11 is 1.16. The molecule has 0 radical (unpaired) electrons. The molecule has 0 bridgehead atoms. The minimum absolute atomic E-state index is 0.0414. The first-order valence-electron chi connectivity index (χ1n) is 8.83. The number of carbonyl (C=O) groups excluding carboxylic acids is 1. The lowest BCUT2D eigenvalue weighted by molar-refractivity contribution is -0.385. The van der Waals surface area contributed by atoms with E-state index in [1.165, 1.54) is 18.2 Å². The maximum Gasteiger partial charge on any atom is 0.373 e. The Morgan fingerprint density at radius 2 is 2.03 bits per heavy atom. The van der Waals surface area contributed by atoms with Gasteiger partial charge < -0.3 is 15.8 Å². The number of benzene rings is 2. The van der Waals surface area contributed by atoms with E-state index >= 15 is 0 Å². The smallest absolute Gasteiger partial charge is 0.373 e. The monoisotopic (exact) mass is 436 g/mol. The van der Waals surface area contributed by atoms with E-state index in [1.807, 2.05) is 36.4 Å². The molecule has 0 aliphatic rings. The lowest BCUT2D eigenvalue weighted by Crippen LogP contribution is -2.13. The van der Waals surface area contributed by atoms with Crippen LogP contribution in [0.2, 0.25) is 0 Å². The van der Waals surface area contributed by atoms with E-state index in [9.17, 15) is 14.9 Å². The average molecular weight is 436 g/mol. The molecule has 0 unspecified atom stereocenters. The van der Waals surface area contributed by atoms with E-state index < -0.39 is 16.5 Å². The molecule has 11 heteroatoms. The van der Waals surface area contributed by atoms with Gasteiger partial charge in [0.05, 0.1) is 22.1 Å². The minimum Gasteiger partial charge on any atom is -0.433 e. The van der Waals surface area contributed by atoms with Crippen molar-refractivity contribution >= 4 is 29.2 Å². The number of anilines is 1. The Kier molecular flexibility index (Phi) is 6.64. The molecule has 0 fully saturated rings. The normalized spacial score (nSPS) is 10.2. The van der Waals surface area contributed by atoms with Crippen molar-refractivity contribution in [3.05, 3.63) is 75.3 Å². The van der Waals surface area contributed by atoms with Gasteiger partial charge in [-0.1, -0.05) is 42.1 Å². The van der Waals surface area contributed by atoms with Crippen LogP contribution in [0.5, 0.6) is 11.6 Å². The topological polar surface area (TPSA) is 157 Å². The fraction of sp³-hybridized carbons (Fsp3) is 0.100. The molecule has 3 N–H and O–H groups in total. The van der Waals surface area contributed by atoms with Crippen molar-refractivity contribution in [2.45, 2.75) is 11.7 Å². The first-order chi connectivity index (χ1) is 14.9. The van der Waals surface area contributed by atoms with E-state index in [0.717, 1.165) is 17.3 Å². The van der Waals surface area contributed by atoms with Gasteiger partial charge in [-0.2, -0.15) is 15.2 Å². The summed E-state index contributed by atoms with van der Waals surface area (Å²) < 4.78 is 5.64. The summed E-state index contributed by atoms with van der Waals surface area (Å²) in [6.45, 7) is 0.280. The van der Waals surface area contributed by atoms with Crippen molar-refractivity contribution in [1.29, 1.82) is 5.26 Å². The largest absolute Gasteiger partial charge is 0.433 e. The third-order valence-electron chi connectivity index (χ3n) is 4.08. The van der Waals surface area contributed by atoms with Gasteiger partial charge in [0.25, 0.3) is 5.91 Å². The number of thioether (sulfide) groups is 1. The molecule has 1 aromatic heterocycles. The number of nitrogens with zero attached hydrogens (tertiary/aromatic N) is 4. The fourth-order valence-electron chi connectivity index (χ4n) is 2.63. The zero-order chi connectivity index (χ0) is 22.4. The van der Waals surface area contributed by atoms with Gasteiger partial charge in [-0.15, -0.1) is 0 Å². The van der Waals surface area contributed by atoms with Crippen molar-refractivity contribution < 1.29 is 14.5 Å². The third kappa shape index (κ3) is 5.06. The molecule has 0 aliphatic heterocycles. The first-order valence-corrected chi connectivity index (χ1v) is 10.1. The van der Waals surface area contributed by atoms with Crippen LogP contribution in [0.4, 0.5) is 11.5 Å². The zero-order valence-corrected chi connectivity index (χ0v) is 17.0. The molecule has 10 nitrogen and oxygen atoms in total. The number of rotatable bonds is 8. The molecule has 2 aromatic carbocycles. The number of hydrogen-bond acceptors (Lipinski definition) is 9. The van der Waals surface area contributed by atoms with Crippen LogP contribution in [-0.2, 0) is 6.54 Å². The van der Waals surface area contributed by atoms with Crippen molar-refractivity contribution in [2.75, 3.05) is 11.6 Å². The number of nitro groups is 1. The zero-order valence-electron chi connectivity index (χ0n) is 16.2. The Bertz CT molecular complexity index is 1180. The number of nitriles is 1. The summed E-state index contributed by atoms with van der Waals surface area (Å²) in [5, 5.41) is 24.1. The number of primary amides is 1. The van der Waals surface area contributed by atoms with Gasteiger partial charge in [0.2, 0.25) is 5.82 Å². The molecule has 1 heterocycles. The predicted molar refractivity (Wildman–Crippen MR) is 114 cm³/mol. The van der Waals surface area contributed by atoms with E-state index in [-0.39, 0.29) is 40.3 Å². The van der Waals surface area contributed by atoms with Crippen molar-refractivity contribution in [3.63, 3.8) is 0 Å². The summed E-state index contributed by atoms with van der Waals surface area (Å²) in [5.74, 6) is -1.35. The Balaban J connectivity index is 2.07. The number of hydrogen-bond donors (Lipinski definition) is 2. The molecule has 156 valence electrons. The van der Waals surface area contributed by atoms with Crippen LogP contribution >= 0.6 is 11.8 Å². The third-order valence-corrected chi connectivity index (χ3v) is 4.63. The lowest BCUT2D eigenvalue weighted by atomic mass is 10.1. The van der Waals surface area contributed by atoms with Crippen LogP contribution in [-0.4, -0.2) is 27.1 Å². The Morgan fingerprint density at radius 1 is 1.29 bits per heavy atom. The van der Waals surface area contributed by atoms with Crippen LogP contribution in [0.25, 0.3) is 0 Å². The number of ether oxygens (including phenoxy) is 1. The van der Waals surface area contributed by atoms with Crippen LogP contribution in [0.1, 0.15) is 21.5 Å². The highest BCUT2D eigenvalue weighted by Gasteiger charge is 2.28. The molecule has 3 aromatic rings. The maximum atomic E-state index is 11.8. The second-order valence-corrected chi connectivity index (χ2v) is 6.87. The highest BCUT2D eigenvalue weighted by atomic mass is 32.2. The van der Waals surface area contributed by atoms with Gasteiger partial charge >= 0.3 is 11.6 Å². The molecular weight excluding hydrogens is 420 g/mol. The summed E-state index contributed by atoms with van der Waals surface area (Å²) in [6, 6.07) is 15.2. The number of nitrogens with two attached hydrogens (primary N) is 1. The van der Waals surface area contributed by atoms with Crippen LogP contribution < -0.4 is 15.8 Å². The van der Waals surface area contributed by atoms with Gasteiger partial charge in [-0.25, -0.2) is 0 Å². The molecule has 0 atom stereocenters. The van der Waals surface area contributed by atoms with E-state index in [1.54, 1.807) is 6.26 Å². The summed E-state index contributed by atoms with van der Waals surface area (Å²) in [5.41, 5.74) is 5.89. The van der Waals surface area contributed by atoms with Crippen LogP contribution in [0.3, 0.4) is 0 Å². The number of aromatic nitrogens is 2. The van der Waals surface area contributed by atoms with Gasteiger partial charge in [0.1, 0.15) is 5.75 Å². The van der Waals surface area contributed by atoms with Crippen molar-refractivity contribution in [2.24, 2.45) is 5.73 Å². The molecule has 1 amide bonds. The van der Waals surface area contributed by atoms with Gasteiger partial charge in [-0.05, 0) is 30.0 Å². The molecule has 0 spiro atoms. The summed E-state index contributed by atoms with van der Waals surface area (Å²) in [6.07, 6.45) is 1.71. The average Bonchev–Trinajstić information content (AvgIpc) is 2.77. The quantitative estimate of drug-likeness (QED) is 0.233. The number of nitrogens with one attached hydrogen (secondary N) is 1. The van der Waals surface area contributed by atoms with Crippen LogP contribution in [0, 0.1) is 21.4 Å². The summed E-state index contributed by atoms with van der Waals surface area (Å²) in [7, 11) is 0. The van der Waals surface area contributed by atoms with E-state index in [0.29, 0.717) is 0 Å². The SMILES string of the molecule is CSc1nc(NCc2ccccc2)c([N+](=O)[O-])c(Oc2cc(C#N)ccc2C(N)=O)n1. The molecule has 0 aliphatic carbocycles. The van der Waals surface area contributed by atoms with E-state index in [4.69, 9.17) is 15.7 Å². The predicted octanol–water partition coefficient (Wildman–Crippen LogP) is 3.48. The number of carbonyl (C=O) groups is 1. The van der Waals surface area contributed by atoms with Gasteiger partial charge in [-0.3, -0.25) is 14.9 Å². The first kappa shape index (κ1) is 21.5. The highest BCUT2D eigenvalue weighted by Crippen LogP contribution is 2.37. The second-order valence-electron chi connectivity index (χ2n) is 6.10.